The second-order valence-electron chi connectivity index (χ2n) is 10.4. The quantitative estimate of drug-likeness (QED) is 0.314. The molecule has 11 nitrogen and oxygen atoms in total. The molecule has 3 rings (SSSR count). The first-order valence-electron chi connectivity index (χ1n) is 14.2. The van der Waals surface area contributed by atoms with Gasteiger partial charge in [-0.05, 0) is 50.5 Å². The lowest BCUT2D eigenvalue weighted by Gasteiger charge is -2.33. The van der Waals surface area contributed by atoms with Crippen LogP contribution in [-0.4, -0.2) is 89.6 Å². The van der Waals surface area contributed by atoms with Crippen molar-refractivity contribution in [2.45, 2.75) is 77.5 Å². The standard InChI is InChI=1S/C29H42N4O7/c1-3-39-26(18-25(28(36)37)30-21(2)34)31-24-10-7-15-33(19-24)27(35)12-11-22-13-16-32(17-14-22)29(38)40-20-23-8-5-4-6-9-23/h4-6,8-9,22,24-25H,3,7,10-20H2,1-2H3,(H,30,34)(H,36,37)/t24?,25-/m0/s1. The maximum Gasteiger partial charge on any atom is 0.410 e. The van der Waals surface area contributed by atoms with Crippen molar-refractivity contribution in [3.05, 3.63) is 35.9 Å². The van der Waals surface area contributed by atoms with Crippen LogP contribution in [-0.2, 0) is 30.5 Å². The lowest BCUT2D eigenvalue weighted by Crippen LogP contribution is -2.43. The highest BCUT2D eigenvalue weighted by molar-refractivity contribution is 5.88. The molecule has 0 radical (unpaired) electrons. The first kappa shape index (κ1) is 30.9. The third-order valence-electron chi connectivity index (χ3n) is 7.29. The molecule has 11 heteroatoms. The molecule has 2 fully saturated rings. The van der Waals surface area contributed by atoms with Crippen molar-refractivity contribution in [1.29, 1.82) is 0 Å². The number of nitrogens with one attached hydrogen (secondary N) is 1. The second kappa shape index (κ2) is 15.8. The van der Waals surface area contributed by atoms with Crippen LogP contribution in [0.2, 0.25) is 0 Å². The molecule has 2 N–H and O–H groups in total. The number of hydrogen-bond acceptors (Lipinski definition) is 7. The number of ether oxygens (including phenoxy) is 2. The summed E-state index contributed by atoms with van der Waals surface area (Å²) < 4.78 is 11.0. The van der Waals surface area contributed by atoms with Crippen molar-refractivity contribution in [2.75, 3.05) is 32.8 Å². The normalized spacial score (nSPS) is 19.1. The van der Waals surface area contributed by atoms with E-state index in [0.717, 1.165) is 37.7 Å². The van der Waals surface area contributed by atoms with Crippen LogP contribution in [0.15, 0.2) is 35.3 Å². The minimum Gasteiger partial charge on any atom is -0.481 e. The zero-order valence-electron chi connectivity index (χ0n) is 23.5. The van der Waals surface area contributed by atoms with Gasteiger partial charge >= 0.3 is 12.1 Å². The van der Waals surface area contributed by atoms with Gasteiger partial charge in [-0.25, -0.2) is 9.59 Å². The van der Waals surface area contributed by atoms with E-state index in [9.17, 15) is 24.3 Å². The Balaban J connectivity index is 1.43. The minimum absolute atomic E-state index is 0.0499. The fourth-order valence-corrected chi connectivity index (χ4v) is 5.13. The van der Waals surface area contributed by atoms with E-state index in [1.54, 1.807) is 11.8 Å². The minimum atomic E-state index is -1.15. The van der Waals surface area contributed by atoms with E-state index in [-0.39, 0.29) is 37.0 Å². The predicted octanol–water partition coefficient (Wildman–Crippen LogP) is 3.22. The molecule has 1 unspecified atom stereocenters. The highest BCUT2D eigenvalue weighted by Gasteiger charge is 2.28. The summed E-state index contributed by atoms with van der Waals surface area (Å²) in [6.07, 6.45) is 4.14. The Labute approximate surface area is 235 Å². The number of carboxylic acid groups (broad SMARTS) is 1. The summed E-state index contributed by atoms with van der Waals surface area (Å²) in [7, 11) is 0. The van der Waals surface area contributed by atoms with Crippen molar-refractivity contribution < 1.29 is 33.8 Å². The number of hydrogen-bond donors (Lipinski definition) is 2. The highest BCUT2D eigenvalue weighted by Crippen LogP contribution is 2.24. The molecule has 0 aliphatic carbocycles. The zero-order valence-corrected chi connectivity index (χ0v) is 23.5. The summed E-state index contributed by atoms with van der Waals surface area (Å²) in [4.78, 5) is 56.6. The number of rotatable bonds is 11. The van der Waals surface area contributed by atoms with Gasteiger partial charge < -0.3 is 29.7 Å². The first-order chi connectivity index (χ1) is 19.2. The maximum atomic E-state index is 13.0. The number of piperidine rings is 2. The van der Waals surface area contributed by atoms with Crippen molar-refractivity contribution >= 4 is 29.8 Å². The smallest absolute Gasteiger partial charge is 0.410 e. The molecule has 3 amide bonds. The van der Waals surface area contributed by atoms with Crippen LogP contribution < -0.4 is 5.32 Å². The summed E-state index contributed by atoms with van der Waals surface area (Å²) in [5.41, 5.74) is 0.957. The average Bonchev–Trinajstić information content (AvgIpc) is 2.95. The van der Waals surface area contributed by atoms with Crippen molar-refractivity contribution in [1.82, 2.24) is 15.1 Å². The van der Waals surface area contributed by atoms with Crippen molar-refractivity contribution in [3.63, 3.8) is 0 Å². The number of aliphatic imine (C=N–C) groups is 1. The number of nitrogens with zero attached hydrogens (tertiary/aromatic N) is 3. The van der Waals surface area contributed by atoms with Crippen molar-refractivity contribution in [3.8, 4) is 0 Å². The van der Waals surface area contributed by atoms with Gasteiger partial charge in [0.1, 0.15) is 12.6 Å². The molecule has 220 valence electrons. The van der Waals surface area contributed by atoms with Gasteiger partial charge in [0.25, 0.3) is 0 Å². The van der Waals surface area contributed by atoms with Crippen LogP contribution in [0.5, 0.6) is 0 Å². The topological polar surface area (TPSA) is 138 Å². The Hall–Kier alpha value is -3.63. The summed E-state index contributed by atoms with van der Waals surface area (Å²) >= 11 is 0. The van der Waals surface area contributed by atoms with E-state index in [1.807, 2.05) is 35.2 Å². The number of carbonyl (C=O) groups is 4. The van der Waals surface area contributed by atoms with E-state index in [4.69, 9.17) is 9.47 Å². The molecule has 0 spiro atoms. The van der Waals surface area contributed by atoms with E-state index < -0.39 is 17.9 Å². The molecule has 2 saturated heterocycles. The van der Waals surface area contributed by atoms with Gasteiger partial charge in [0.05, 0.1) is 19.1 Å². The van der Waals surface area contributed by atoms with Crippen LogP contribution >= 0.6 is 0 Å². The van der Waals surface area contributed by atoms with Gasteiger partial charge in [-0.1, -0.05) is 30.3 Å². The summed E-state index contributed by atoms with van der Waals surface area (Å²) in [5.74, 6) is -0.849. The Morgan fingerprint density at radius 1 is 1.05 bits per heavy atom. The summed E-state index contributed by atoms with van der Waals surface area (Å²) in [5, 5.41) is 11.8. The van der Waals surface area contributed by atoms with Gasteiger partial charge in [-0.15, -0.1) is 0 Å². The van der Waals surface area contributed by atoms with E-state index >= 15 is 0 Å². The molecule has 2 atom stereocenters. The lowest BCUT2D eigenvalue weighted by molar-refractivity contribution is -0.141. The molecule has 0 aromatic heterocycles. The molecule has 2 aliphatic rings. The number of likely N-dealkylation sites (tertiary alicyclic amines) is 2. The lowest BCUT2D eigenvalue weighted by atomic mass is 9.92. The molecule has 0 saturated carbocycles. The van der Waals surface area contributed by atoms with Crippen LogP contribution in [0.1, 0.15) is 64.4 Å². The number of carboxylic acids is 1. The number of amides is 3. The van der Waals surface area contributed by atoms with Crippen LogP contribution in [0, 0.1) is 5.92 Å². The van der Waals surface area contributed by atoms with Gasteiger partial charge in [0, 0.05) is 39.5 Å². The largest absolute Gasteiger partial charge is 0.481 e. The number of benzene rings is 1. The van der Waals surface area contributed by atoms with Crippen LogP contribution in [0.4, 0.5) is 4.79 Å². The fourth-order valence-electron chi connectivity index (χ4n) is 5.13. The predicted molar refractivity (Wildman–Crippen MR) is 149 cm³/mol. The van der Waals surface area contributed by atoms with E-state index in [0.29, 0.717) is 45.1 Å². The van der Waals surface area contributed by atoms with Gasteiger partial charge in [-0.2, -0.15) is 0 Å². The summed E-state index contributed by atoms with van der Waals surface area (Å²) in [6, 6.07) is 8.30. The van der Waals surface area contributed by atoms with Crippen molar-refractivity contribution in [2.24, 2.45) is 10.9 Å². The third kappa shape index (κ3) is 10.2. The third-order valence-corrected chi connectivity index (χ3v) is 7.29. The summed E-state index contributed by atoms with van der Waals surface area (Å²) in [6.45, 7) is 6.02. The van der Waals surface area contributed by atoms with E-state index in [2.05, 4.69) is 10.3 Å². The van der Waals surface area contributed by atoms with Crippen LogP contribution in [0.3, 0.4) is 0 Å². The molecular formula is C29H42N4O7. The van der Waals surface area contributed by atoms with Gasteiger partial charge in [-0.3, -0.25) is 14.6 Å². The molecule has 1 aromatic rings. The molecule has 2 heterocycles. The number of carbonyl (C=O) groups excluding carboxylic acids is 3. The highest BCUT2D eigenvalue weighted by atomic mass is 16.6. The maximum absolute atomic E-state index is 13.0. The van der Waals surface area contributed by atoms with Gasteiger partial charge in [0.15, 0.2) is 5.90 Å². The number of aliphatic carboxylic acids is 1. The first-order valence-corrected chi connectivity index (χ1v) is 14.2. The molecular weight excluding hydrogens is 516 g/mol. The monoisotopic (exact) mass is 558 g/mol. The SMILES string of the molecule is CCOC(C[C@H](NC(C)=O)C(=O)O)=NC1CCCN(C(=O)CCC2CCN(C(=O)OCc3ccccc3)CC2)C1. The second-order valence-corrected chi connectivity index (χ2v) is 10.4. The Bertz CT molecular complexity index is 1020. The molecule has 1 aromatic carbocycles. The van der Waals surface area contributed by atoms with Crippen LogP contribution in [0.25, 0.3) is 0 Å². The Morgan fingerprint density at radius 2 is 1.77 bits per heavy atom. The fraction of sp³-hybridized carbons (Fsp3) is 0.621. The molecule has 0 bridgehead atoms. The average molecular weight is 559 g/mol. The molecule has 40 heavy (non-hydrogen) atoms. The Morgan fingerprint density at radius 3 is 2.42 bits per heavy atom. The zero-order chi connectivity index (χ0) is 28.9. The molecule has 2 aliphatic heterocycles. The van der Waals surface area contributed by atoms with E-state index in [1.165, 1.54) is 6.92 Å². The van der Waals surface area contributed by atoms with Gasteiger partial charge in [0.2, 0.25) is 11.8 Å². The Kier molecular flexibility index (Phi) is 12.2.